The summed E-state index contributed by atoms with van der Waals surface area (Å²) in [5.41, 5.74) is 1.28. The number of imide groups is 1. The molecule has 7 nitrogen and oxygen atoms in total. The Morgan fingerprint density at radius 3 is 2.66 bits per heavy atom. The van der Waals surface area contributed by atoms with Gasteiger partial charge in [0, 0.05) is 24.3 Å². The number of halogens is 1. The van der Waals surface area contributed by atoms with Gasteiger partial charge in [0.1, 0.15) is 16.5 Å². The molecule has 1 atom stereocenters. The molecule has 1 saturated heterocycles. The largest absolute Gasteiger partial charge is 0.495 e. The third kappa shape index (κ3) is 4.08. The van der Waals surface area contributed by atoms with E-state index < -0.39 is 11.8 Å². The molecule has 166 valence electrons. The van der Waals surface area contributed by atoms with Gasteiger partial charge in [-0.25, -0.2) is 4.90 Å². The van der Waals surface area contributed by atoms with E-state index in [1.165, 1.54) is 7.11 Å². The van der Waals surface area contributed by atoms with Crippen LogP contribution in [0.15, 0.2) is 59.3 Å². The van der Waals surface area contributed by atoms with Crippen molar-refractivity contribution in [1.82, 2.24) is 4.90 Å². The van der Waals surface area contributed by atoms with Crippen LogP contribution in [0.25, 0.3) is 0 Å². The smallest absolute Gasteiger partial charge is 0.283 e. The fourth-order valence-electron chi connectivity index (χ4n) is 4.08. The first-order chi connectivity index (χ1) is 15.4. The maximum absolute atomic E-state index is 13.1. The first-order valence-corrected chi connectivity index (χ1v) is 10.9. The number of nitrogens with zero attached hydrogens (tertiary/aromatic N) is 2. The van der Waals surface area contributed by atoms with Crippen molar-refractivity contribution in [2.24, 2.45) is 5.92 Å². The van der Waals surface area contributed by atoms with Crippen LogP contribution in [0.2, 0.25) is 0 Å². The monoisotopic (exact) mass is 453 g/mol. The van der Waals surface area contributed by atoms with Gasteiger partial charge in [0.05, 0.1) is 12.8 Å². The van der Waals surface area contributed by atoms with Gasteiger partial charge in [-0.05, 0) is 49.1 Å². The lowest BCUT2D eigenvalue weighted by atomic mass is 9.99. The highest BCUT2D eigenvalue weighted by Crippen LogP contribution is 2.35. The lowest BCUT2D eigenvalue weighted by Gasteiger charge is -2.31. The molecule has 0 spiro atoms. The number of likely N-dealkylation sites (tertiary alicyclic amines) is 1. The molecule has 0 radical (unpaired) electrons. The second kappa shape index (κ2) is 9.04. The van der Waals surface area contributed by atoms with E-state index in [4.69, 9.17) is 16.3 Å². The number of anilines is 2. The normalized spacial score (nSPS) is 18.9. The summed E-state index contributed by atoms with van der Waals surface area (Å²) in [5.74, 6) is -0.432. The highest BCUT2D eigenvalue weighted by atomic mass is 35.5. The summed E-state index contributed by atoms with van der Waals surface area (Å²) < 4.78 is 5.28. The van der Waals surface area contributed by atoms with Crippen LogP contribution in [0, 0.1) is 5.92 Å². The van der Waals surface area contributed by atoms with Crippen molar-refractivity contribution in [3.05, 3.63) is 64.8 Å². The Bertz CT molecular complexity index is 1110. The number of hydrogen-bond acceptors (Lipinski definition) is 5. The molecule has 3 amide bonds. The Balaban J connectivity index is 1.56. The van der Waals surface area contributed by atoms with Crippen molar-refractivity contribution in [2.45, 2.75) is 19.8 Å². The van der Waals surface area contributed by atoms with E-state index in [9.17, 15) is 14.4 Å². The predicted octanol–water partition coefficient (Wildman–Crippen LogP) is 4.00. The van der Waals surface area contributed by atoms with E-state index in [0.717, 1.165) is 30.8 Å². The molecule has 0 bridgehead atoms. The molecule has 8 heteroatoms. The zero-order valence-electron chi connectivity index (χ0n) is 17.9. The summed E-state index contributed by atoms with van der Waals surface area (Å²) in [7, 11) is 1.46. The number of methoxy groups -OCH3 is 1. The number of ether oxygens (including phenoxy) is 1. The summed E-state index contributed by atoms with van der Waals surface area (Å²) in [6.07, 6.45) is 2.11. The number of carbonyl (C=O) groups is 3. The van der Waals surface area contributed by atoms with Crippen LogP contribution in [0.1, 0.15) is 30.1 Å². The van der Waals surface area contributed by atoms with Gasteiger partial charge in [-0.2, -0.15) is 0 Å². The number of para-hydroxylation sites is 2. The SMILES string of the molecule is COc1ccccc1N1C(=O)C(Cl)=C(Nc2cccc(C(=O)N3CCCC(C)C3)c2)C1=O. The second-order valence-corrected chi connectivity index (χ2v) is 8.39. The van der Waals surface area contributed by atoms with Crippen LogP contribution >= 0.6 is 11.6 Å². The summed E-state index contributed by atoms with van der Waals surface area (Å²) in [6, 6.07) is 13.6. The number of hydrogen-bond donors (Lipinski definition) is 1. The van der Waals surface area contributed by atoms with Crippen molar-refractivity contribution in [2.75, 3.05) is 30.4 Å². The topological polar surface area (TPSA) is 79.0 Å². The third-order valence-electron chi connectivity index (χ3n) is 5.68. The Morgan fingerprint density at radius 2 is 1.91 bits per heavy atom. The summed E-state index contributed by atoms with van der Waals surface area (Å²) >= 11 is 6.24. The second-order valence-electron chi connectivity index (χ2n) is 8.01. The van der Waals surface area contributed by atoms with Crippen LogP contribution in [0.4, 0.5) is 11.4 Å². The molecule has 4 rings (SSSR count). The molecule has 2 heterocycles. The highest BCUT2D eigenvalue weighted by Gasteiger charge is 2.40. The van der Waals surface area contributed by atoms with Crippen LogP contribution in [0.3, 0.4) is 0 Å². The maximum Gasteiger partial charge on any atom is 0.283 e. The van der Waals surface area contributed by atoms with Crippen LogP contribution in [-0.4, -0.2) is 42.8 Å². The fraction of sp³-hybridized carbons (Fsp3) is 0.292. The Morgan fingerprint density at radius 1 is 1.12 bits per heavy atom. The van der Waals surface area contributed by atoms with Gasteiger partial charge in [0.15, 0.2) is 0 Å². The first-order valence-electron chi connectivity index (χ1n) is 10.5. The van der Waals surface area contributed by atoms with Gasteiger partial charge in [0.25, 0.3) is 17.7 Å². The van der Waals surface area contributed by atoms with Crippen LogP contribution in [-0.2, 0) is 9.59 Å². The highest BCUT2D eigenvalue weighted by molar-refractivity contribution is 6.53. The third-order valence-corrected chi connectivity index (χ3v) is 6.03. The van der Waals surface area contributed by atoms with E-state index in [2.05, 4.69) is 12.2 Å². The molecule has 32 heavy (non-hydrogen) atoms. The molecule has 1 N–H and O–H groups in total. The number of carbonyl (C=O) groups excluding carboxylic acids is 3. The first kappa shape index (κ1) is 21.9. The summed E-state index contributed by atoms with van der Waals surface area (Å²) in [6.45, 7) is 3.61. The Hall–Kier alpha value is -3.32. The van der Waals surface area contributed by atoms with Gasteiger partial charge in [-0.1, -0.05) is 36.7 Å². The molecule has 2 aromatic rings. The molecule has 1 unspecified atom stereocenters. The Labute approximate surface area is 191 Å². The van der Waals surface area contributed by atoms with Gasteiger partial charge < -0.3 is 15.0 Å². The minimum Gasteiger partial charge on any atom is -0.495 e. The summed E-state index contributed by atoms with van der Waals surface area (Å²) in [5, 5.41) is 2.72. The van der Waals surface area contributed by atoms with E-state index >= 15 is 0 Å². The minimum absolute atomic E-state index is 0.0428. The van der Waals surface area contributed by atoms with E-state index in [1.807, 2.05) is 4.90 Å². The standard InChI is InChI=1S/C24H24ClN3O4/c1-15-7-6-12-27(14-15)22(29)16-8-5-9-17(13-16)26-21-20(25)23(30)28(24(21)31)18-10-3-4-11-19(18)32-2/h3-5,8-11,13,15,26H,6-7,12,14H2,1-2H3. The predicted molar refractivity (Wildman–Crippen MR) is 123 cm³/mol. The van der Waals surface area contributed by atoms with Gasteiger partial charge in [-0.3, -0.25) is 14.4 Å². The van der Waals surface area contributed by atoms with Crippen molar-refractivity contribution >= 4 is 40.7 Å². The average Bonchev–Trinajstić information content (AvgIpc) is 3.01. The number of piperidine rings is 1. The van der Waals surface area contributed by atoms with E-state index in [-0.39, 0.29) is 16.6 Å². The lowest BCUT2D eigenvalue weighted by molar-refractivity contribution is -0.120. The van der Waals surface area contributed by atoms with Crippen molar-refractivity contribution in [1.29, 1.82) is 0 Å². The number of amides is 3. The van der Waals surface area contributed by atoms with Gasteiger partial charge in [-0.15, -0.1) is 0 Å². The zero-order valence-corrected chi connectivity index (χ0v) is 18.7. The molecule has 0 saturated carbocycles. The number of benzene rings is 2. The molecule has 2 aromatic carbocycles. The molecular weight excluding hydrogens is 430 g/mol. The lowest BCUT2D eigenvalue weighted by Crippen LogP contribution is -2.39. The van der Waals surface area contributed by atoms with Crippen LogP contribution < -0.4 is 15.0 Å². The van der Waals surface area contributed by atoms with E-state index in [1.54, 1.807) is 48.5 Å². The maximum atomic E-state index is 13.1. The summed E-state index contributed by atoms with van der Waals surface area (Å²) in [4.78, 5) is 41.6. The Kier molecular flexibility index (Phi) is 6.19. The van der Waals surface area contributed by atoms with Crippen molar-refractivity contribution in [3.8, 4) is 5.75 Å². The quantitative estimate of drug-likeness (QED) is 0.692. The number of rotatable bonds is 5. The van der Waals surface area contributed by atoms with Crippen molar-refractivity contribution < 1.29 is 19.1 Å². The molecule has 2 aliphatic rings. The molecule has 0 aliphatic carbocycles. The molecule has 1 fully saturated rings. The van der Waals surface area contributed by atoms with E-state index in [0.29, 0.717) is 28.6 Å². The van der Waals surface area contributed by atoms with Crippen LogP contribution in [0.5, 0.6) is 5.75 Å². The van der Waals surface area contributed by atoms with Crippen molar-refractivity contribution in [3.63, 3.8) is 0 Å². The zero-order chi connectivity index (χ0) is 22.8. The molecule has 0 aromatic heterocycles. The minimum atomic E-state index is -0.641. The molecule has 2 aliphatic heterocycles. The fourth-order valence-corrected chi connectivity index (χ4v) is 4.29. The average molecular weight is 454 g/mol. The van der Waals surface area contributed by atoms with Gasteiger partial charge in [0.2, 0.25) is 0 Å². The van der Waals surface area contributed by atoms with Gasteiger partial charge >= 0.3 is 0 Å². The molecular formula is C24H24ClN3O4. The number of nitrogens with one attached hydrogen (secondary N) is 1.